The molecular weight excluding hydrogens is 489 g/mol. The molecule has 0 fully saturated rings. The monoisotopic (exact) mass is 504 g/mol. The van der Waals surface area contributed by atoms with E-state index in [2.05, 4.69) is 15.0 Å². The van der Waals surface area contributed by atoms with Gasteiger partial charge in [-0.25, -0.2) is 14.3 Å². The maximum absolute atomic E-state index is 12.8. The Morgan fingerprint density at radius 1 is 1.11 bits per heavy atom. The van der Waals surface area contributed by atoms with Gasteiger partial charge in [0.2, 0.25) is 5.88 Å². The van der Waals surface area contributed by atoms with Crippen molar-refractivity contribution in [2.75, 3.05) is 5.32 Å². The van der Waals surface area contributed by atoms with Gasteiger partial charge in [-0.2, -0.15) is 0 Å². The Hall–Kier alpha value is -4.25. The van der Waals surface area contributed by atoms with Crippen LogP contribution >= 0.6 is 11.6 Å². The predicted molar refractivity (Wildman–Crippen MR) is 121 cm³/mol. The highest BCUT2D eigenvalue weighted by Gasteiger charge is 2.31. The van der Waals surface area contributed by atoms with Crippen molar-refractivity contribution in [3.8, 4) is 17.3 Å². The molecule has 0 aliphatic heterocycles. The van der Waals surface area contributed by atoms with Crippen LogP contribution in [-0.2, 0) is 6.54 Å². The summed E-state index contributed by atoms with van der Waals surface area (Å²) < 4.78 is 43.0. The Morgan fingerprint density at radius 3 is 2.51 bits per heavy atom. The Kier molecular flexibility index (Phi) is 6.52. The molecule has 0 saturated heterocycles. The fourth-order valence-electron chi connectivity index (χ4n) is 3.30. The van der Waals surface area contributed by atoms with Gasteiger partial charge in [-0.15, -0.1) is 13.2 Å². The molecule has 0 atom stereocenters. The average molecular weight is 505 g/mol. The number of benzene rings is 2. The number of hydrogen-bond acceptors (Lipinski definition) is 5. The third-order valence-corrected chi connectivity index (χ3v) is 5.13. The second-order valence-corrected chi connectivity index (χ2v) is 7.67. The average Bonchev–Trinajstić information content (AvgIpc) is 3.06. The van der Waals surface area contributed by atoms with Crippen LogP contribution in [0.4, 0.5) is 19.0 Å². The van der Waals surface area contributed by atoms with Crippen LogP contribution in [-0.4, -0.2) is 31.5 Å². The fraction of sp³-hybridized carbons (Fsp3) is 0.0870. The van der Waals surface area contributed by atoms with Crippen molar-refractivity contribution < 1.29 is 27.8 Å². The predicted octanol–water partition coefficient (Wildman–Crippen LogP) is 4.59. The topological polar surface area (TPSA) is 98.4 Å². The van der Waals surface area contributed by atoms with E-state index in [9.17, 15) is 27.9 Å². The molecule has 2 aromatic carbocycles. The number of halogens is 4. The molecule has 2 heterocycles. The van der Waals surface area contributed by atoms with Crippen molar-refractivity contribution in [3.05, 3.63) is 99.7 Å². The molecule has 0 aliphatic carbocycles. The van der Waals surface area contributed by atoms with Crippen LogP contribution in [0.25, 0.3) is 5.69 Å². The first-order valence-corrected chi connectivity index (χ1v) is 10.4. The number of pyridine rings is 1. The first-order chi connectivity index (χ1) is 16.6. The molecular formula is C23H16ClF3N4O4. The zero-order valence-corrected chi connectivity index (χ0v) is 18.4. The number of nitrogens with zero attached hydrogens (tertiary/aromatic N) is 3. The molecule has 12 heteroatoms. The number of imidazole rings is 1. The molecule has 4 aromatic rings. The van der Waals surface area contributed by atoms with Gasteiger partial charge in [-0.3, -0.25) is 9.36 Å². The van der Waals surface area contributed by atoms with E-state index in [1.165, 1.54) is 29.1 Å². The molecule has 0 spiro atoms. The molecule has 35 heavy (non-hydrogen) atoms. The van der Waals surface area contributed by atoms with E-state index in [0.717, 1.165) is 16.7 Å². The maximum Gasteiger partial charge on any atom is 0.573 e. The third kappa shape index (κ3) is 5.64. The van der Waals surface area contributed by atoms with Gasteiger partial charge in [0, 0.05) is 6.20 Å². The van der Waals surface area contributed by atoms with E-state index in [1.807, 2.05) is 0 Å². The summed E-state index contributed by atoms with van der Waals surface area (Å²) in [6.07, 6.45) is -2.22. The zero-order valence-electron chi connectivity index (χ0n) is 17.7. The van der Waals surface area contributed by atoms with Gasteiger partial charge in [-0.1, -0.05) is 23.7 Å². The van der Waals surface area contributed by atoms with Crippen molar-refractivity contribution in [1.29, 1.82) is 0 Å². The summed E-state index contributed by atoms with van der Waals surface area (Å²) in [5.41, 5.74) is 0.363. The quantitative estimate of drug-likeness (QED) is 0.400. The highest BCUT2D eigenvalue weighted by Crippen LogP contribution is 2.25. The number of aromatic hydroxyl groups is 1. The summed E-state index contributed by atoms with van der Waals surface area (Å²) in [7, 11) is 0. The number of hydrogen-bond donors (Lipinski definition) is 2. The highest BCUT2D eigenvalue weighted by molar-refractivity contribution is 6.34. The normalized spacial score (nSPS) is 11.3. The molecule has 0 saturated carbocycles. The standard InChI is InChI=1S/C23H16ClF3N4O4/c24-18-4-2-1-3-17(18)21(33)29-19-11-14(9-10-28-19)12-30-13-20(32)31(22(30)34)15-5-7-16(8-6-15)35-23(25,26)27/h1-11,13,32H,12H2,(H,28,29,33). The number of anilines is 1. The summed E-state index contributed by atoms with van der Waals surface area (Å²) in [4.78, 5) is 29.4. The lowest BCUT2D eigenvalue weighted by molar-refractivity contribution is -0.274. The number of nitrogens with one attached hydrogen (secondary N) is 1. The summed E-state index contributed by atoms with van der Waals surface area (Å²) in [6, 6.07) is 14.2. The van der Waals surface area contributed by atoms with Crippen LogP contribution in [0, 0.1) is 0 Å². The number of rotatable bonds is 6. The zero-order chi connectivity index (χ0) is 25.2. The van der Waals surface area contributed by atoms with E-state index in [0.29, 0.717) is 5.56 Å². The second kappa shape index (κ2) is 9.55. The largest absolute Gasteiger partial charge is 0.573 e. The number of carbonyl (C=O) groups is 1. The van der Waals surface area contributed by atoms with E-state index in [4.69, 9.17) is 11.6 Å². The number of aromatic nitrogens is 3. The van der Waals surface area contributed by atoms with Crippen molar-refractivity contribution in [1.82, 2.24) is 14.1 Å². The van der Waals surface area contributed by atoms with Crippen molar-refractivity contribution in [2.24, 2.45) is 0 Å². The van der Waals surface area contributed by atoms with Crippen molar-refractivity contribution in [3.63, 3.8) is 0 Å². The van der Waals surface area contributed by atoms with Crippen LogP contribution in [0.15, 0.2) is 77.9 Å². The van der Waals surface area contributed by atoms with E-state index in [1.54, 1.807) is 36.4 Å². The number of carbonyl (C=O) groups excluding carboxylic acids is 1. The summed E-state index contributed by atoms with van der Waals surface area (Å²) in [5, 5.41) is 13.2. The summed E-state index contributed by atoms with van der Waals surface area (Å²) in [5.74, 6) is -1.11. The second-order valence-electron chi connectivity index (χ2n) is 7.26. The molecule has 2 aromatic heterocycles. The van der Waals surface area contributed by atoms with Gasteiger partial charge >= 0.3 is 12.1 Å². The Balaban J connectivity index is 1.53. The summed E-state index contributed by atoms with van der Waals surface area (Å²) >= 11 is 6.04. The molecule has 8 nitrogen and oxygen atoms in total. The van der Waals surface area contributed by atoms with Crippen LogP contribution < -0.4 is 15.7 Å². The van der Waals surface area contributed by atoms with Gasteiger partial charge in [0.15, 0.2) is 0 Å². The number of ether oxygens (including phenoxy) is 1. The van der Waals surface area contributed by atoms with E-state index >= 15 is 0 Å². The molecule has 2 N–H and O–H groups in total. The molecule has 1 amide bonds. The first kappa shape index (κ1) is 23.9. The highest BCUT2D eigenvalue weighted by atomic mass is 35.5. The van der Waals surface area contributed by atoms with Crippen LogP contribution in [0.3, 0.4) is 0 Å². The van der Waals surface area contributed by atoms with Gasteiger partial charge in [0.1, 0.15) is 11.6 Å². The lowest BCUT2D eigenvalue weighted by atomic mass is 10.2. The van der Waals surface area contributed by atoms with Gasteiger partial charge in [0.05, 0.1) is 29.0 Å². The lowest BCUT2D eigenvalue weighted by Crippen LogP contribution is -2.23. The van der Waals surface area contributed by atoms with Gasteiger partial charge < -0.3 is 15.2 Å². The molecule has 0 unspecified atom stereocenters. The van der Waals surface area contributed by atoms with Crippen molar-refractivity contribution in [2.45, 2.75) is 12.9 Å². The third-order valence-electron chi connectivity index (χ3n) is 4.80. The Morgan fingerprint density at radius 2 is 1.83 bits per heavy atom. The molecule has 0 bridgehead atoms. The number of alkyl halides is 3. The minimum Gasteiger partial charge on any atom is -0.493 e. The number of amides is 1. The molecule has 0 radical (unpaired) electrons. The van der Waals surface area contributed by atoms with E-state index < -0.39 is 29.6 Å². The van der Waals surface area contributed by atoms with Gasteiger partial charge in [0.25, 0.3) is 5.91 Å². The Bertz CT molecular complexity index is 1430. The molecule has 180 valence electrons. The van der Waals surface area contributed by atoms with Crippen LogP contribution in [0.1, 0.15) is 15.9 Å². The minimum atomic E-state index is -4.85. The maximum atomic E-state index is 12.8. The van der Waals surface area contributed by atoms with E-state index in [-0.39, 0.29) is 28.6 Å². The molecule has 4 rings (SSSR count). The fourth-order valence-corrected chi connectivity index (χ4v) is 3.52. The van der Waals surface area contributed by atoms with Crippen molar-refractivity contribution >= 4 is 23.3 Å². The first-order valence-electron chi connectivity index (χ1n) is 9.99. The smallest absolute Gasteiger partial charge is 0.493 e. The Labute approximate surface area is 200 Å². The van der Waals surface area contributed by atoms with Gasteiger partial charge in [-0.05, 0) is 54.1 Å². The molecule has 0 aliphatic rings. The SMILES string of the molecule is O=C(Nc1cc(Cn2cc(O)n(-c3ccc(OC(F)(F)F)cc3)c2=O)ccn1)c1ccccc1Cl. The summed E-state index contributed by atoms with van der Waals surface area (Å²) in [6.45, 7) is 0.0200. The van der Waals surface area contributed by atoms with Crippen LogP contribution in [0.5, 0.6) is 11.6 Å². The van der Waals surface area contributed by atoms with Crippen LogP contribution in [0.2, 0.25) is 5.02 Å². The lowest BCUT2D eigenvalue weighted by Gasteiger charge is -2.09. The minimum absolute atomic E-state index is 0.0200.